The van der Waals surface area contributed by atoms with Gasteiger partial charge >= 0.3 is 0 Å². The van der Waals surface area contributed by atoms with Crippen molar-refractivity contribution in [2.45, 2.75) is 19.0 Å². The molecule has 2 aromatic carbocycles. The fourth-order valence-electron chi connectivity index (χ4n) is 4.00. The number of nitrogens with one attached hydrogen (secondary N) is 1. The minimum atomic E-state index is -0.157. The van der Waals surface area contributed by atoms with Crippen molar-refractivity contribution in [2.75, 3.05) is 11.1 Å². The van der Waals surface area contributed by atoms with Crippen molar-refractivity contribution in [3.05, 3.63) is 90.3 Å². The van der Waals surface area contributed by atoms with E-state index >= 15 is 0 Å². The molecule has 0 bridgehead atoms. The van der Waals surface area contributed by atoms with E-state index in [9.17, 15) is 4.79 Å². The first kappa shape index (κ1) is 23.5. The summed E-state index contributed by atoms with van der Waals surface area (Å²) in [5.74, 6) is 1.33. The lowest BCUT2D eigenvalue weighted by Crippen LogP contribution is -2.17. The lowest BCUT2D eigenvalue weighted by atomic mass is 10.1. The molecule has 0 aliphatic rings. The van der Waals surface area contributed by atoms with Crippen LogP contribution in [0.3, 0.4) is 0 Å². The zero-order valence-corrected chi connectivity index (χ0v) is 21.0. The predicted octanol–water partition coefficient (Wildman–Crippen LogP) is 5.08. The summed E-state index contributed by atoms with van der Waals surface area (Å²) in [6.07, 6.45) is 3.45. The predicted molar refractivity (Wildman–Crippen MR) is 142 cm³/mol. The molecule has 0 atom stereocenters. The zero-order chi connectivity index (χ0) is 25.1. The monoisotopic (exact) mass is 495 g/mol. The highest BCUT2D eigenvalue weighted by molar-refractivity contribution is 7.99. The van der Waals surface area contributed by atoms with Gasteiger partial charge in [-0.25, -0.2) is 4.68 Å². The number of para-hydroxylation sites is 1. The van der Waals surface area contributed by atoms with Gasteiger partial charge in [0, 0.05) is 36.6 Å². The molecule has 0 spiro atoms. The summed E-state index contributed by atoms with van der Waals surface area (Å²) in [6, 6.07) is 21.8. The number of aryl methyl sites for hydroxylation is 2. The smallest absolute Gasteiger partial charge is 0.236 e. The third-order valence-electron chi connectivity index (χ3n) is 5.58. The molecular formula is C27H25N7OS. The number of nitrogens with zero attached hydrogens (tertiary/aromatic N) is 6. The van der Waals surface area contributed by atoms with Crippen LogP contribution in [0.5, 0.6) is 0 Å². The lowest BCUT2D eigenvalue weighted by molar-refractivity contribution is -0.113. The van der Waals surface area contributed by atoms with E-state index in [2.05, 4.69) is 52.5 Å². The zero-order valence-electron chi connectivity index (χ0n) is 20.2. The van der Waals surface area contributed by atoms with Gasteiger partial charge < -0.3 is 9.88 Å². The molecule has 180 valence electrons. The third-order valence-corrected chi connectivity index (χ3v) is 6.60. The van der Waals surface area contributed by atoms with Crippen LogP contribution in [-0.4, -0.2) is 41.2 Å². The Hall–Kier alpha value is -4.24. The molecule has 0 saturated carbocycles. The molecule has 1 amide bonds. The Labute approximate surface area is 213 Å². The summed E-state index contributed by atoms with van der Waals surface area (Å²) in [5, 5.41) is 17.0. The Morgan fingerprint density at radius 2 is 1.72 bits per heavy atom. The van der Waals surface area contributed by atoms with E-state index in [-0.39, 0.29) is 11.7 Å². The molecular weight excluding hydrogens is 470 g/mol. The van der Waals surface area contributed by atoms with Crippen LogP contribution in [0.4, 0.5) is 5.82 Å². The molecule has 5 aromatic rings. The van der Waals surface area contributed by atoms with E-state index in [4.69, 9.17) is 5.10 Å². The number of aromatic nitrogens is 6. The Morgan fingerprint density at radius 1 is 0.944 bits per heavy atom. The van der Waals surface area contributed by atoms with Crippen LogP contribution >= 0.6 is 11.8 Å². The maximum absolute atomic E-state index is 13.0. The standard InChI is InChI=1S/C27H25N7OS/c1-18-12-19(2)14-21(13-18)23-15-24(34(32-23)22-9-5-4-6-10-22)29-25(35)17-36-27-31-30-26(33(27)3)20-8-7-11-28-16-20/h4-16H,17H2,1-3H3,(H,29,35). The normalized spacial score (nSPS) is 11.0. The van der Waals surface area contributed by atoms with Crippen molar-refractivity contribution in [1.82, 2.24) is 29.5 Å². The summed E-state index contributed by atoms with van der Waals surface area (Å²) in [6.45, 7) is 4.13. The molecule has 3 aromatic heterocycles. The number of hydrogen-bond acceptors (Lipinski definition) is 6. The Kier molecular flexibility index (Phi) is 6.64. The van der Waals surface area contributed by atoms with E-state index in [1.165, 1.54) is 11.8 Å². The second kappa shape index (κ2) is 10.2. The van der Waals surface area contributed by atoms with Gasteiger partial charge in [-0.2, -0.15) is 5.10 Å². The maximum atomic E-state index is 13.0. The van der Waals surface area contributed by atoms with Crippen molar-refractivity contribution in [2.24, 2.45) is 7.05 Å². The van der Waals surface area contributed by atoms with E-state index in [1.807, 2.05) is 60.1 Å². The molecule has 8 nitrogen and oxygen atoms in total. The highest BCUT2D eigenvalue weighted by Crippen LogP contribution is 2.27. The fourth-order valence-corrected chi connectivity index (χ4v) is 4.71. The van der Waals surface area contributed by atoms with Crippen LogP contribution in [0.15, 0.2) is 84.3 Å². The minimum absolute atomic E-state index is 0.157. The van der Waals surface area contributed by atoms with Gasteiger partial charge in [0.2, 0.25) is 5.91 Å². The van der Waals surface area contributed by atoms with Gasteiger partial charge in [0.05, 0.1) is 17.1 Å². The average Bonchev–Trinajstić information content (AvgIpc) is 3.46. The molecule has 0 radical (unpaired) electrons. The van der Waals surface area contributed by atoms with Gasteiger partial charge in [0.1, 0.15) is 5.82 Å². The first-order valence-corrected chi connectivity index (χ1v) is 12.4. The van der Waals surface area contributed by atoms with Crippen molar-refractivity contribution < 1.29 is 4.79 Å². The molecule has 5 rings (SSSR count). The van der Waals surface area contributed by atoms with Crippen LogP contribution < -0.4 is 5.32 Å². The highest BCUT2D eigenvalue weighted by atomic mass is 32.2. The maximum Gasteiger partial charge on any atom is 0.236 e. The summed E-state index contributed by atoms with van der Waals surface area (Å²) < 4.78 is 3.62. The van der Waals surface area contributed by atoms with Gasteiger partial charge in [-0.3, -0.25) is 9.78 Å². The quantitative estimate of drug-likeness (QED) is 0.317. The number of hydrogen-bond donors (Lipinski definition) is 1. The van der Waals surface area contributed by atoms with Gasteiger partial charge in [0.15, 0.2) is 11.0 Å². The Balaban J connectivity index is 1.36. The van der Waals surface area contributed by atoms with Crippen LogP contribution in [-0.2, 0) is 11.8 Å². The Morgan fingerprint density at radius 3 is 2.44 bits per heavy atom. The third kappa shape index (κ3) is 5.06. The van der Waals surface area contributed by atoms with E-state index in [1.54, 1.807) is 17.1 Å². The molecule has 3 heterocycles. The summed E-state index contributed by atoms with van der Waals surface area (Å²) in [4.78, 5) is 17.1. The SMILES string of the molecule is Cc1cc(C)cc(-c2cc(NC(=O)CSc3nnc(-c4cccnc4)n3C)n(-c3ccccc3)n2)c1. The average molecular weight is 496 g/mol. The number of carbonyl (C=O) groups is 1. The molecule has 36 heavy (non-hydrogen) atoms. The number of benzene rings is 2. The molecule has 0 aliphatic heterocycles. The first-order chi connectivity index (χ1) is 17.5. The highest BCUT2D eigenvalue weighted by Gasteiger charge is 2.17. The van der Waals surface area contributed by atoms with Crippen LogP contribution in [0.1, 0.15) is 11.1 Å². The number of thioether (sulfide) groups is 1. The van der Waals surface area contributed by atoms with Gasteiger partial charge in [-0.1, -0.05) is 47.2 Å². The number of rotatable bonds is 7. The van der Waals surface area contributed by atoms with Crippen molar-refractivity contribution >= 4 is 23.5 Å². The first-order valence-electron chi connectivity index (χ1n) is 11.4. The van der Waals surface area contributed by atoms with Crippen molar-refractivity contribution in [3.8, 4) is 28.3 Å². The van der Waals surface area contributed by atoms with Gasteiger partial charge in [-0.05, 0) is 50.2 Å². The number of anilines is 1. The molecule has 9 heteroatoms. The fraction of sp³-hybridized carbons (Fsp3) is 0.148. The number of amides is 1. The summed E-state index contributed by atoms with van der Waals surface area (Å²) >= 11 is 1.33. The molecule has 0 aliphatic carbocycles. The summed E-state index contributed by atoms with van der Waals surface area (Å²) in [7, 11) is 1.88. The minimum Gasteiger partial charge on any atom is -0.310 e. The lowest BCUT2D eigenvalue weighted by Gasteiger charge is -2.09. The van der Waals surface area contributed by atoms with Crippen LogP contribution in [0, 0.1) is 13.8 Å². The largest absolute Gasteiger partial charge is 0.310 e. The molecule has 0 saturated heterocycles. The van der Waals surface area contributed by atoms with Crippen LogP contribution in [0.2, 0.25) is 0 Å². The van der Waals surface area contributed by atoms with Crippen molar-refractivity contribution in [1.29, 1.82) is 0 Å². The summed E-state index contributed by atoms with van der Waals surface area (Å²) in [5.41, 5.74) is 5.86. The Bertz CT molecular complexity index is 1490. The van der Waals surface area contributed by atoms with Crippen molar-refractivity contribution in [3.63, 3.8) is 0 Å². The van der Waals surface area contributed by atoms with E-state index in [0.717, 1.165) is 33.6 Å². The second-order valence-electron chi connectivity index (χ2n) is 8.48. The van der Waals surface area contributed by atoms with E-state index in [0.29, 0.717) is 16.8 Å². The number of pyridine rings is 1. The molecule has 0 fully saturated rings. The van der Waals surface area contributed by atoms with E-state index < -0.39 is 0 Å². The van der Waals surface area contributed by atoms with Crippen LogP contribution in [0.25, 0.3) is 28.3 Å². The second-order valence-corrected chi connectivity index (χ2v) is 9.42. The van der Waals surface area contributed by atoms with Gasteiger partial charge in [0.25, 0.3) is 0 Å². The molecule has 0 unspecified atom stereocenters. The topological polar surface area (TPSA) is 90.5 Å². The van der Waals surface area contributed by atoms with Gasteiger partial charge in [-0.15, -0.1) is 10.2 Å². The number of carbonyl (C=O) groups excluding carboxylic acids is 1. The molecule has 1 N–H and O–H groups in total.